The molecule has 0 aliphatic carbocycles. The average Bonchev–Trinajstić information content (AvgIpc) is 2.89. The first kappa shape index (κ1) is 19.0. The Morgan fingerprint density at radius 1 is 1.46 bits per heavy atom. The van der Waals surface area contributed by atoms with Gasteiger partial charge in [0, 0.05) is 68.3 Å². The number of halogens is 2. The molecular weight excluding hydrogens is 462 g/mol. The van der Waals surface area contributed by atoms with E-state index < -0.39 is 11.6 Å². The van der Waals surface area contributed by atoms with Gasteiger partial charge >= 0.3 is 0 Å². The van der Waals surface area contributed by atoms with Crippen LogP contribution in [0.15, 0.2) is 30.0 Å². The van der Waals surface area contributed by atoms with Gasteiger partial charge in [0.15, 0.2) is 0 Å². The lowest BCUT2D eigenvalue weighted by Gasteiger charge is -2.08. The van der Waals surface area contributed by atoms with Crippen molar-refractivity contribution in [2.24, 2.45) is 0 Å². The molecular formula is C15H14FIN4OS2. The lowest BCUT2D eigenvalue weighted by Crippen LogP contribution is -2.10. The molecule has 0 spiro atoms. The van der Waals surface area contributed by atoms with Gasteiger partial charge in [0.05, 0.1) is 11.2 Å². The van der Waals surface area contributed by atoms with Crippen LogP contribution in [0.4, 0.5) is 10.1 Å². The predicted molar refractivity (Wildman–Crippen MR) is 108 cm³/mol. The Hall–Kier alpha value is -1.38. The number of rotatable bonds is 6. The monoisotopic (exact) mass is 476 g/mol. The Kier molecular flexibility index (Phi) is 6.42. The van der Waals surface area contributed by atoms with Gasteiger partial charge in [-0.25, -0.2) is 4.39 Å². The molecule has 24 heavy (non-hydrogen) atoms. The minimum Gasteiger partial charge on any atom is -0.382 e. The SMILES string of the molecule is CSNc1cc2cc(C(=O)/C(C#N)=C/N(C)C)n(SI)c2cc1F. The zero-order valence-electron chi connectivity index (χ0n) is 13.1. The first-order valence-corrected chi connectivity index (χ1v) is 11.2. The van der Waals surface area contributed by atoms with Gasteiger partial charge in [-0.15, -0.1) is 0 Å². The van der Waals surface area contributed by atoms with Crippen LogP contribution < -0.4 is 4.72 Å². The summed E-state index contributed by atoms with van der Waals surface area (Å²) < 4.78 is 18.7. The molecule has 0 saturated heterocycles. The van der Waals surface area contributed by atoms with E-state index in [9.17, 15) is 14.4 Å². The molecule has 5 nitrogen and oxygen atoms in total. The number of nitrogens with one attached hydrogen (secondary N) is 1. The lowest BCUT2D eigenvalue weighted by molar-refractivity contribution is 0.103. The van der Waals surface area contributed by atoms with E-state index >= 15 is 0 Å². The van der Waals surface area contributed by atoms with Gasteiger partial charge in [0.2, 0.25) is 5.78 Å². The van der Waals surface area contributed by atoms with Crippen molar-refractivity contribution in [2.45, 2.75) is 0 Å². The van der Waals surface area contributed by atoms with Crippen molar-refractivity contribution >= 4 is 64.6 Å². The lowest BCUT2D eigenvalue weighted by atomic mass is 10.1. The molecule has 0 aliphatic heterocycles. The number of benzene rings is 1. The number of hydrogen-bond donors (Lipinski definition) is 1. The maximum atomic E-state index is 14.2. The van der Waals surface area contributed by atoms with E-state index in [-0.39, 0.29) is 5.57 Å². The fraction of sp³-hybridized carbons (Fsp3) is 0.200. The highest BCUT2D eigenvalue weighted by Gasteiger charge is 2.21. The molecule has 1 aromatic heterocycles. The van der Waals surface area contributed by atoms with Crippen molar-refractivity contribution < 1.29 is 9.18 Å². The van der Waals surface area contributed by atoms with E-state index in [4.69, 9.17) is 0 Å². The summed E-state index contributed by atoms with van der Waals surface area (Å²) in [6.07, 6.45) is 3.28. The number of Topliss-reactive ketones (excluding diaryl/α,β-unsaturated/α-hetero) is 1. The van der Waals surface area contributed by atoms with Crippen molar-refractivity contribution in [1.29, 1.82) is 5.26 Å². The third kappa shape index (κ3) is 3.81. The van der Waals surface area contributed by atoms with Crippen LogP contribution in [-0.4, -0.2) is 35.0 Å². The molecule has 2 rings (SSSR count). The summed E-state index contributed by atoms with van der Waals surface area (Å²) in [6, 6.07) is 6.64. The van der Waals surface area contributed by atoms with Crippen LogP contribution in [-0.2, 0) is 0 Å². The molecule has 0 radical (unpaired) electrons. The Morgan fingerprint density at radius 3 is 2.71 bits per heavy atom. The van der Waals surface area contributed by atoms with Gasteiger partial charge in [0.1, 0.15) is 23.2 Å². The van der Waals surface area contributed by atoms with Gasteiger partial charge in [-0.3, -0.25) is 8.77 Å². The predicted octanol–water partition coefficient (Wildman–Crippen LogP) is 4.47. The van der Waals surface area contributed by atoms with Gasteiger partial charge < -0.3 is 9.62 Å². The molecule has 1 heterocycles. The minimum absolute atomic E-state index is 0.0254. The van der Waals surface area contributed by atoms with Crippen molar-refractivity contribution in [3.63, 3.8) is 0 Å². The number of fused-ring (bicyclic) bond motifs is 1. The topological polar surface area (TPSA) is 61.1 Å². The maximum Gasteiger partial charge on any atom is 0.222 e. The van der Waals surface area contributed by atoms with Crippen LogP contribution in [0.3, 0.4) is 0 Å². The molecule has 126 valence electrons. The molecule has 0 saturated carbocycles. The first-order valence-electron chi connectivity index (χ1n) is 6.69. The Labute approximate surface area is 160 Å². The number of aromatic nitrogens is 1. The molecule has 0 fully saturated rings. The molecule has 0 unspecified atom stereocenters. The standard InChI is InChI=1S/C15H14FIN4OS2/c1-20(2)8-10(7-18)15(22)14-5-9-4-12(19-23-3)11(16)6-13(9)21(14)24-17/h4-6,8,19H,1-3H3/b10-8+. The normalized spacial score (nSPS) is 11.4. The molecule has 9 heteroatoms. The van der Waals surface area contributed by atoms with Crippen molar-refractivity contribution in [3.05, 3.63) is 41.5 Å². The zero-order chi connectivity index (χ0) is 17.9. The summed E-state index contributed by atoms with van der Waals surface area (Å²) in [7, 11) is 4.74. The number of nitrogens with zero attached hydrogens (tertiary/aromatic N) is 3. The summed E-state index contributed by atoms with van der Waals surface area (Å²) in [5.74, 6) is -0.795. The van der Waals surface area contributed by atoms with E-state index in [0.29, 0.717) is 16.9 Å². The van der Waals surface area contributed by atoms with Crippen LogP contribution in [0.25, 0.3) is 10.9 Å². The fourth-order valence-corrected chi connectivity index (χ4v) is 4.25. The summed E-state index contributed by atoms with van der Waals surface area (Å²) >= 11 is 3.32. The molecule has 0 aliphatic rings. The third-order valence-corrected chi connectivity index (χ3v) is 5.25. The number of allylic oxidation sites excluding steroid dienone is 1. The van der Waals surface area contributed by atoms with Crippen molar-refractivity contribution in [1.82, 2.24) is 8.87 Å². The van der Waals surface area contributed by atoms with Crippen LogP contribution in [0.1, 0.15) is 10.5 Å². The molecule has 2 aromatic rings. The smallest absolute Gasteiger partial charge is 0.222 e. The van der Waals surface area contributed by atoms with E-state index in [1.807, 2.05) is 27.3 Å². The molecule has 0 atom stereocenters. The number of ketones is 1. The summed E-state index contributed by atoms with van der Waals surface area (Å²) in [5.41, 5.74) is 1.30. The highest BCUT2D eigenvalue weighted by Crippen LogP contribution is 2.33. The Bertz CT molecular complexity index is 857. The summed E-state index contributed by atoms with van der Waals surface area (Å²) in [6.45, 7) is 0. The second-order valence-corrected chi connectivity index (χ2v) is 7.33. The molecule has 0 amide bonds. The minimum atomic E-state index is -0.398. The summed E-state index contributed by atoms with van der Waals surface area (Å²) in [5, 5.41) is 9.97. The second-order valence-electron chi connectivity index (χ2n) is 5.04. The Balaban J connectivity index is 2.63. The quantitative estimate of drug-likeness (QED) is 0.218. The van der Waals surface area contributed by atoms with Crippen LogP contribution in [0, 0.1) is 17.1 Å². The van der Waals surface area contributed by atoms with E-state index in [2.05, 4.69) is 4.72 Å². The average molecular weight is 476 g/mol. The van der Waals surface area contributed by atoms with Crippen molar-refractivity contribution in [2.75, 3.05) is 25.1 Å². The number of anilines is 1. The number of hydrogen-bond acceptors (Lipinski definition) is 6. The summed E-state index contributed by atoms with van der Waals surface area (Å²) in [4.78, 5) is 14.3. The highest BCUT2D eigenvalue weighted by molar-refractivity contribution is 14.2. The van der Waals surface area contributed by atoms with E-state index in [0.717, 1.165) is 5.39 Å². The fourth-order valence-electron chi connectivity index (χ4n) is 2.16. The molecule has 1 aromatic carbocycles. The number of carbonyl (C=O) groups excluding carboxylic acids is 1. The van der Waals surface area contributed by atoms with Crippen molar-refractivity contribution in [3.8, 4) is 6.07 Å². The van der Waals surface area contributed by atoms with E-state index in [1.165, 1.54) is 33.3 Å². The second kappa shape index (κ2) is 8.13. The van der Waals surface area contributed by atoms with Gasteiger partial charge in [-0.05, 0) is 12.1 Å². The van der Waals surface area contributed by atoms with Crippen LogP contribution in [0.2, 0.25) is 0 Å². The largest absolute Gasteiger partial charge is 0.382 e. The van der Waals surface area contributed by atoms with Gasteiger partial charge in [0.25, 0.3) is 0 Å². The first-order chi connectivity index (χ1) is 11.4. The number of nitriles is 1. The Morgan fingerprint density at radius 2 is 2.17 bits per heavy atom. The third-order valence-electron chi connectivity index (χ3n) is 3.11. The van der Waals surface area contributed by atoms with Crippen LogP contribution in [0.5, 0.6) is 0 Å². The molecule has 0 bridgehead atoms. The van der Waals surface area contributed by atoms with Gasteiger partial charge in [-0.1, -0.05) is 11.9 Å². The zero-order valence-corrected chi connectivity index (χ0v) is 16.9. The molecule has 1 N–H and O–H groups in total. The maximum absolute atomic E-state index is 14.2. The van der Waals surface area contributed by atoms with Gasteiger partial charge in [-0.2, -0.15) is 5.26 Å². The van der Waals surface area contributed by atoms with E-state index in [1.54, 1.807) is 41.4 Å². The highest BCUT2D eigenvalue weighted by atomic mass is 127. The number of carbonyl (C=O) groups is 1. The van der Waals surface area contributed by atoms with Crippen LogP contribution >= 0.6 is 42.3 Å².